The Balaban J connectivity index is 1.52. The summed E-state index contributed by atoms with van der Waals surface area (Å²) in [7, 11) is 0. The van der Waals surface area contributed by atoms with E-state index in [1.165, 1.54) is 27.4 Å². The second-order valence-corrected chi connectivity index (χ2v) is 9.84. The number of fused-ring (bicyclic) bond motifs is 5. The Hall–Kier alpha value is -1.98. The SMILES string of the molecule is CC(C)=C1[C@H]2CC[C@@H]1[C@H]1C(=O)N(c3nc(-c4ccc(Cl)cc4)c(C)s3)C(=O)[C@H]12. The number of aromatic nitrogens is 1. The zero-order valence-electron chi connectivity index (χ0n) is 16.0. The van der Waals surface area contributed by atoms with Crippen LogP contribution in [0.3, 0.4) is 0 Å². The molecule has 2 bridgehead atoms. The number of hydrogen-bond donors (Lipinski definition) is 0. The van der Waals surface area contributed by atoms with Gasteiger partial charge in [0.2, 0.25) is 11.8 Å². The molecule has 1 aliphatic heterocycles. The molecule has 1 saturated heterocycles. The standard InChI is InChI=1S/C22H21ClN2O2S/c1-10(2)16-14-8-9-15(16)18-17(14)20(26)25(21(18)27)22-24-19(11(3)28-22)12-4-6-13(23)7-5-12/h4-7,14-15,17-18H,8-9H2,1-3H3/t14-,15+,17+,18-. The van der Waals surface area contributed by atoms with Crippen molar-refractivity contribution in [2.24, 2.45) is 23.7 Å². The van der Waals surface area contributed by atoms with E-state index in [4.69, 9.17) is 16.6 Å². The Labute approximate surface area is 173 Å². The van der Waals surface area contributed by atoms with Gasteiger partial charge in [-0.3, -0.25) is 9.59 Å². The first-order valence-corrected chi connectivity index (χ1v) is 10.9. The third-order valence-electron chi connectivity index (χ3n) is 6.52. The zero-order chi connectivity index (χ0) is 19.7. The highest BCUT2D eigenvalue weighted by atomic mass is 35.5. The molecular formula is C22H21ClN2O2S. The maximum Gasteiger partial charge on any atom is 0.240 e. The fraction of sp³-hybridized carbons (Fsp3) is 0.409. The van der Waals surface area contributed by atoms with Crippen LogP contribution in [0.1, 0.15) is 31.6 Å². The third kappa shape index (κ3) is 2.39. The van der Waals surface area contributed by atoms with Crippen molar-refractivity contribution in [1.29, 1.82) is 0 Å². The largest absolute Gasteiger partial charge is 0.274 e. The molecule has 0 unspecified atom stereocenters. The van der Waals surface area contributed by atoms with Gasteiger partial charge in [0.1, 0.15) is 0 Å². The van der Waals surface area contributed by atoms with E-state index >= 15 is 0 Å². The lowest BCUT2D eigenvalue weighted by Gasteiger charge is -2.18. The van der Waals surface area contributed by atoms with E-state index in [0.29, 0.717) is 10.2 Å². The summed E-state index contributed by atoms with van der Waals surface area (Å²) in [4.78, 5) is 33.6. The van der Waals surface area contributed by atoms with E-state index in [9.17, 15) is 9.59 Å². The molecule has 2 heterocycles. The number of imide groups is 1. The summed E-state index contributed by atoms with van der Waals surface area (Å²) in [6.07, 6.45) is 2.04. The monoisotopic (exact) mass is 412 g/mol. The van der Waals surface area contributed by atoms with Crippen LogP contribution in [0.15, 0.2) is 35.4 Å². The molecule has 0 radical (unpaired) electrons. The van der Waals surface area contributed by atoms with Crippen LogP contribution < -0.4 is 4.90 Å². The summed E-state index contributed by atoms with van der Waals surface area (Å²) in [5, 5.41) is 1.17. The maximum absolute atomic E-state index is 13.3. The van der Waals surface area contributed by atoms with Crippen molar-refractivity contribution in [1.82, 2.24) is 4.98 Å². The molecule has 2 aliphatic carbocycles. The van der Waals surface area contributed by atoms with Crippen LogP contribution in [-0.2, 0) is 9.59 Å². The third-order valence-corrected chi connectivity index (χ3v) is 7.73. The molecule has 2 amide bonds. The van der Waals surface area contributed by atoms with Gasteiger partial charge in [0.05, 0.1) is 17.5 Å². The van der Waals surface area contributed by atoms with Crippen LogP contribution >= 0.6 is 22.9 Å². The van der Waals surface area contributed by atoms with Crippen molar-refractivity contribution < 1.29 is 9.59 Å². The van der Waals surface area contributed by atoms with Gasteiger partial charge in [-0.2, -0.15) is 0 Å². The Morgan fingerprint density at radius 2 is 1.64 bits per heavy atom. The second kappa shape index (κ2) is 6.26. The first-order valence-electron chi connectivity index (χ1n) is 9.67. The van der Waals surface area contributed by atoms with Crippen molar-refractivity contribution in [2.45, 2.75) is 33.6 Å². The highest BCUT2D eigenvalue weighted by Gasteiger charge is 2.64. The Morgan fingerprint density at radius 1 is 1.07 bits per heavy atom. The number of allylic oxidation sites excluding steroid dienone is 2. The quantitative estimate of drug-likeness (QED) is 0.499. The molecule has 2 aromatic rings. The van der Waals surface area contributed by atoms with Gasteiger partial charge in [-0.25, -0.2) is 9.88 Å². The summed E-state index contributed by atoms with van der Waals surface area (Å²) < 4.78 is 0. The highest BCUT2D eigenvalue weighted by Crippen LogP contribution is 2.60. The number of carbonyl (C=O) groups excluding carboxylic acids is 2. The van der Waals surface area contributed by atoms with Gasteiger partial charge in [0, 0.05) is 15.5 Å². The minimum Gasteiger partial charge on any atom is -0.274 e. The van der Waals surface area contributed by atoms with Crippen LogP contribution in [0.5, 0.6) is 0 Å². The minimum atomic E-state index is -0.195. The lowest BCUT2D eigenvalue weighted by Crippen LogP contribution is -2.33. The number of halogens is 1. The van der Waals surface area contributed by atoms with Gasteiger partial charge in [0.15, 0.2) is 5.13 Å². The average molecular weight is 413 g/mol. The maximum atomic E-state index is 13.3. The molecule has 5 rings (SSSR count). The lowest BCUT2D eigenvalue weighted by atomic mass is 9.81. The van der Waals surface area contributed by atoms with E-state index in [-0.39, 0.29) is 35.5 Å². The van der Waals surface area contributed by atoms with Crippen molar-refractivity contribution in [2.75, 3.05) is 4.90 Å². The van der Waals surface area contributed by atoms with E-state index in [1.807, 2.05) is 31.2 Å². The van der Waals surface area contributed by atoms with Gasteiger partial charge < -0.3 is 0 Å². The Kier molecular flexibility index (Phi) is 4.04. The number of nitrogens with zero attached hydrogens (tertiary/aromatic N) is 2. The first kappa shape index (κ1) is 18.1. The number of rotatable bonds is 2. The molecule has 3 aliphatic rings. The molecule has 1 aromatic heterocycles. The molecule has 144 valence electrons. The molecule has 0 spiro atoms. The molecule has 6 heteroatoms. The number of benzene rings is 1. The number of anilines is 1. The molecule has 0 N–H and O–H groups in total. The van der Waals surface area contributed by atoms with E-state index < -0.39 is 0 Å². The second-order valence-electron chi connectivity index (χ2n) is 8.22. The van der Waals surface area contributed by atoms with Crippen molar-refractivity contribution in [3.05, 3.63) is 45.3 Å². The summed E-state index contributed by atoms with van der Waals surface area (Å²) in [6.45, 7) is 6.19. The van der Waals surface area contributed by atoms with E-state index in [2.05, 4.69) is 13.8 Å². The lowest BCUT2D eigenvalue weighted by molar-refractivity contribution is -0.123. The number of carbonyl (C=O) groups is 2. The molecule has 2 saturated carbocycles. The minimum absolute atomic E-state index is 0.0580. The fourth-order valence-corrected chi connectivity index (χ4v) is 6.60. The molecule has 1 aromatic carbocycles. The van der Waals surface area contributed by atoms with Crippen LogP contribution in [0.25, 0.3) is 11.3 Å². The highest BCUT2D eigenvalue weighted by molar-refractivity contribution is 7.16. The van der Waals surface area contributed by atoms with E-state index in [1.54, 1.807) is 0 Å². The predicted octanol–water partition coefficient (Wildman–Crippen LogP) is 5.25. The first-order chi connectivity index (χ1) is 13.4. The van der Waals surface area contributed by atoms with Crippen LogP contribution in [0.4, 0.5) is 5.13 Å². The fourth-order valence-electron chi connectivity index (χ4n) is 5.53. The normalized spacial score (nSPS) is 28.4. The van der Waals surface area contributed by atoms with Crippen LogP contribution in [0, 0.1) is 30.6 Å². The van der Waals surface area contributed by atoms with Crippen LogP contribution in [-0.4, -0.2) is 16.8 Å². The van der Waals surface area contributed by atoms with E-state index in [0.717, 1.165) is 29.0 Å². The van der Waals surface area contributed by atoms with Gasteiger partial charge in [-0.1, -0.05) is 34.9 Å². The molecule has 3 fully saturated rings. The number of aryl methyl sites for hydroxylation is 1. The van der Waals surface area contributed by atoms with Gasteiger partial charge in [0.25, 0.3) is 0 Å². The predicted molar refractivity (Wildman–Crippen MR) is 111 cm³/mol. The van der Waals surface area contributed by atoms with Crippen molar-refractivity contribution >= 4 is 39.9 Å². The van der Waals surface area contributed by atoms with Gasteiger partial charge in [-0.15, -0.1) is 11.3 Å². The van der Waals surface area contributed by atoms with Gasteiger partial charge in [-0.05, 0) is 57.6 Å². The van der Waals surface area contributed by atoms with Gasteiger partial charge >= 0.3 is 0 Å². The topological polar surface area (TPSA) is 50.3 Å². The summed E-state index contributed by atoms with van der Waals surface area (Å²) in [6, 6.07) is 7.48. The average Bonchev–Trinajstić information content (AvgIpc) is 3.37. The van der Waals surface area contributed by atoms with Crippen molar-refractivity contribution in [3.8, 4) is 11.3 Å². The summed E-state index contributed by atoms with van der Waals surface area (Å²) >= 11 is 7.40. The molecule has 28 heavy (non-hydrogen) atoms. The Morgan fingerprint density at radius 3 is 2.18 bits per heavy atom. The van der Waals surface area contributed by atoms with Crippen molar-refractivity contribution in [3.63, 3.8) is 0 Å². The number of hydrogen-bond acceptors (Lipinski definition) is 4. The zero-order valence-corrected chi connectivity index (χ0v) is 17.6. The summed E-state index contributed by atoms with van der Waals surface area (Å²) in [5.74, 6) is -0.0372. The smallest absolute Gasteiger partial charge is 0.240 e. The number of amides is 2. The van der Waals surface area contributed by atoms with Crippen LogP contribution in [0.2, 0.25) is 5.02 Å². The molecular weight excluding hydrogens is 392 g/mol. The number of thiazole rings is 1. The molecule has 4 atom stereocenters. The Bertz CT molecular complexity index is 1000. The summed E-state index contributed by atoms with van der Waals surface area (Å²) in [5.41, 5.74) is 4.40. The molecule has 4 nitrogen and oxygen atoms in total.